The number of nitrogen functional groups attached to an aromatic ring is 1. The van der Waals surface area contributed by atoms with Crippen molar-refractivity contribution in [2.24, 2.45) is 13.0 Å². The zero-order chi connectivity index (χ0) is 21.1. The highest BCUT2D eigenvalue weighted by Crippen LogP contribution is 2.19. The van der Waals surface area contributed by atoms with Crippen LogP contribution in [0.15, 0.2) is 43.9 Å². The van der Waals surface area contributed by atoms with E-state index < -0.39 is 17.0 Å². The molecule has 3 rings (SSSR count). The Bertz CT molecular complexity index is 1130. The number of carbonyl (C=O) groups is 1. The molecule has 0 aromatic carbocycles. The molecule has 0 aliphatic rings. The minimum atomic E-state index is -0.699. The molecule has 0 saturated heterocycles. The van der Waals surface area contributed by atoms with Gasteiger partial charge in [0.05, 0.1) is 18.6 Å². The van der Waals surface area contributed by atoms with Gasteiger partial charge in [0.1, 0.15) is 23.5 Å². The van der Waals surface area contributed by atoms with Crippen LogP contribution in [0.4, 0.5) is 5.82 Å². The van der Waals surface area contributed by atoms with Crippen LogP contribution in [0.5, 0.6) is 0 Å². The molecule has 0 atom stereocenters. The Morgan fingerprint density at radius 2 is 2.10 bits per heavy atom. The fraction of sp³-hybridized carbons (Fsp3) is 0.389. The monoisotopic (exact) mass is 418 g/mol. The third kappa shape index (κ3) is 4.34. The molecule has 11 heteroatoms. The molecule has 0 spiro atoms. The zero-order valence-electron chi connectivity index (χ0n) is 16.4. The van der Waals surface area contributed by atoms with E-state index in [2.05, 4.69) is 10.2 Å². The minimum Gasteiger partial charge on any atom is -0.467 e. The van der Waals surface area contributed by atoms with Gasteiger partial charge in [-0.3, -0.25) is 18.7 Å². The van der Waals surface area contributed by atoms with Gasteiger partial charge in [-0.25, -0.2) is 4.79 Å². The first-order chi connectivity index (χ1) is 13.8. The number of hydrogen-bond donors (Lipinski definition) is 1. The van der Waals surface area contributed by atoms with Crippen molar-refractivity contribution in [1.29, 1.82) is 0 Å². The summed E-state index contributed by atoms with van der Waals surface area (Å²) in [5.41, 5.74) is 4.63. The standard InChI is InChI=1S/C18H22N6O4S/c1-11(2)7-24-15(19)14(16(26)22(3)18(24)27)13(25)9-29-17-21-20-10-23(17)8-12-5-4-6-28-12/h4-6,10-11H,7-9,19H2,1-3H3. The number of rotatable bonds is 8. The first-order valence-electron chi connectivity index (χ1n) is 8.95. The summed E-state index contributed by atoms with van der Waals surface area (Å²) < 4.78 is 9.23. The number of nitrogens with two attached hydrogens (primary N) is 1. The number of ketones is 1. The molecular weight excluding hydrogens is 396 g/mol. The largest absolute Gasteiger partial charge is 0.467 e. The molecule has 0 aliphatic carbocycles. The van der Waals surface area contributed by atoms with Crippen LogP contribution in [0.2, 0.25) is 0 Å². The highest BCUT2D eigenvalue weighted by atomic mass is 32.2. The second kappa shape index (κ2) is 8.52. The summed E-state index contributed by atoms with van der Waals surface area (Å²) in [7, 11) is 1.34. The van der Waals surface area contributed by atoms with Gasteiger partial charge in [-0.05, 0) is 18.1 Å². The van der Waals surface area contributed by atoms with Gasteiger partial charge < -0.3 is 14.7 Å². The lowest BCUT2D eigenvalue weighted by atomic mass is 10.2. The summed E-state index contributed by atoms with van der Waals surface area (Å²) in [5, 5.41) is 8.37. The van der Waals surface area contributed by atoms with Crippen molar-refractivity contribution in [1.82, 2.24) is 23.9 Å². The van der Waals surface area contributed by atoms with Crippen molar-refractivity contribution in [3.05, 3.63) is 56.9 Å². The average molecular weight is 418 g/mol. The minimum absolute atomic E-state index is 0.0732. The van der Waals surface area contributed by atoms with Crippen molar-refractivity contribution >= 4 is 23.4 Å². The highest BCUT2D eigenvalue weighted by molar-refractivity contribution is 7.99. The number of hydrogen-bond acceptors (Lipinski definition) is 8. The quantitative estimate of drug-likeness (QED) is 0.423. The Balaban J connectivity index is 1.84. The number of carbonyl (C=O) groups excluding carboxylic acids is 1. The molecule has 0 unspecified atom stereocenters. The second-order valence-corrected chi connectivity index (χ2v) is 7.89. The first-order valence-corrected chi connectivity index (χ1v) is 9.93. The third-order valence-corrected chi connectivity index (χ3v) is 5.21. The smallest absolute Gasteiger partial charge is 0.332 e. The van der Waals surface area contributed by atoms with Crippen molar-refractivity contribution in [3.63, 3.8) is 0 Å². The molecule has 29 heavy (non-hydrogen) atoms. The molecule has 0 amide bonds. The summed E-state index contributed by atoms with van der Waals surface area (Å²) in [4.78, 5) is 37.7. The number of thioether (sulfide) groups is 1. The Kier molecular flexibility index (Phi) is 6.06. The average Bonchev–Trinajstić information content (AvgIpc) is 3.34. The van der Waals surface area contributed by atoms with Gasteiger partial charge in [-0.15, -0.1) is 10.2 Å². The van der Waals surface area contributed by atoms with Crippen LogP contribution in [0.1, 0.15) is 30.0 Å². The summed E-state index contributed by atoms with van der Waals surface area (Å²) in [6.45, 7) is 4.56. The molecule has 3 aromatic rings. The van der Waals surface area contributed by atoms with Gasteiger partial charge in [0.15, 0.2) is 10.9 Å². The Morgan fingerprint density at radius 1 is 1.34 bits per heavy atom. The molecule has 0 radical (unpaired) electrons. The first kappa shape index (κ1) is 20.6. The normalized spacial score (nSPS) is 11.3. The molecule has 154 valence electrons. The van der Waals surface area contributed by atoms with Crippen LogP contribution in [0.3, 0.4) is 0 Å². The van der Waals surface area contributed by atoms with Crippen LogP contribution in [-0.2, 0) is 20.1 Å². The fourth-order valence-electron chi connectivity index (χ4n) is 2.82. The van der Waals surface area contributed by atoms with E-state index in [1.54, 1.807) is 16.9 Å². The maximum Gasteiger partial charge on any atom is 0.332 e. The Labute approximate surface area is 170 Å². The third-order valence-electron chi connectivity index (χ3n) is 4.23. The van der Waals surface area contributed by atoms with Gasteiger partial charge in [-0.2, -0.15) is 0 Å². The van der Waals surface area contributed by atoms with Crippen molar-refractivity contribution in [2.45, 2.75) is 32.1 Å². The van der Waals surface area contributed by atoms with Gasteiger partial charge in [0.2, 0.25) is 0 Å². The van der Waals surface area contributed by atoms with E-state index >= 15 is 0 Å². The molecule has 3 heterocycles. The van der Waals surface area contributed by atoms with E-state index in [-0.39, 0.29) is 23.1 Å². The fourth-order valence-corrected chi connectivity index (χ4v) is 3.61. The number of aromatic nitrogens is 5. The van der Waals surface area contributed by atoms with E-state index in [9.17, 15) is 14.4 Å². The highest BCUT2D eigenvalue weighted by Gasteiger charge is 2.22. The predicted octanol–water partition coefficient (Wildman–Crippen LogP) is 0.993. The van der Waals surface area contributed by atoms with E-state index in [1.807, 2.05) is 19.9 Å². The summed E-state index contributed by atoms with van der Waals surface area (Å²) in [6.07, 6.45) is 3.10. The Hall–Kier alpha value is -3.08. The van der Waals surface area contributed by atoms with Crippen LogP contribution in [-0.4, -0.2) is 35.4 Å². The van der Waals surface area contributed by atoms with Crippen LogP contribution in [0, 0.1) is 5.92 Å². The van der Waals surface area contributed by atoms with Gasteiger partial charge in [0, 0.05) is 13.6 Å². The number of anilines is 1. The number of nitrogens with zero attached hydrogens (tertiary/aromatic N) is 5. The maximum atomic E-state index is 12.8. The summed E-state index contributed by atoms with van der Waals surface area (Å²) in [5.74, 6) is 0.185. The Morgan fingerprint density at radius 3 is 2.76 bits per heavy atom. The van der Waals surface area contributed by atoms with Gasteiger partial charge in [0.25, 0.3) is 5.56 Å². The van der Waals surface area contributed by atoms with E-state index in [0.717, 1.165) is 22.1 Å². The zero-order valence-corrected chi connectivity index (χ0v) is 17.2. The van der Waals surface area contributed by atoms with Crippen LogP contribution >= 0.6 is 11.8 Å². The molecule has 10 nitrogen and oxygen atoms in total. The van der Waals surface area contributed by atoms with Gasteiger partial charge >= 0.3 is 5.69 Å². The van der Waals surface area contributed by atoms with E-state index in [4.69, 9.17) is 10.2 Å². The summed E-state index contributed by atoms with van der Waals surface area (Å²) in [6, 6.07) is 3.60. The number of Topliss-reactive ketones (excluding diaryl/α,β-unsaturated/α-hetero) is 1. The lowest BCUT2D eigenvalue weighted by Crippen LogP contribution is -2.43. The van der Waals surface area contributed by atoms with Crippen LogP contribution < -0.4 is 17.0 Å². The van der Waals surface area contributed by atoms with E-state index in [1.165, 1.54) is 17.9 Å². The summed E-state index contributed by atoms with van der Waals surface area (Å²) >= 11 is 1.13. The van der Waals surface area contributed by atoms with Gasteiger partial charge in [-0.1, -0.05) is 25.6 Å². The van der Waals surface area contributed by atoms with E-state index in [0.29, 0.717) is 18.2 Å². The number of furan rings is 1. The van der Waals surface area contributed by atoms with Crippen molar-refractivity contribution < 1.29 is 9.21 Å². The van der Waals surface area contributed by atoms with Crippen molar-refractivity contribution in [2.75, 3.05) is 11.5 Å². The molecule has 0 bridgehead atoms. The topological polar surface area (TPSA) is 131 Å². The lowest BCUT2D eigenvalue weighted by molar-refractivity contribution is 0.102. The molecule has 2 N–H and O–H groups in total. The van der Waals surface area contributed by atoms with Crippen LogP contribution in [0.25, 0.3) is 0 Å². The van der Waals surface area contributed by atoms with Crippen molar-refractivity contribution in [3.8, 4) is 0 Å². The predicted molar refractivity (Wildman–Crippen MR) is 108 cm³/mol. The maximum absolute atomic E-state index is 12.8. The molecule has 3 aromatic heterocycles. The SMILES string of the molecule is CC(C)Cn1c(N)c(C(=O)CSc2nncn2Cc2ccco2)c(=O)n(C)c1=O. The second-order valence-electron chi connectivity index (χ2n) is 6.94. The molecule has 0 aliphatic heterocycles. The lowest BCUT2D eigenvalue weighted by Gasteiger charge is -2.16. The molecular formula is C18H22N6O4S. The molecule has 0 fully saturated rings. The molecule has 0 saturated carbocycles.